The van der Waals surface area contributed by atoms with E-state index >= 15 is 0 Å². The highest BCUT2D eigenvalue weighted by Gasteiger charge is 2.06. The van der Waals surface area contributed by atoms with Gasteiger partial charge in [0.1, 0.15) is 6.61 Å². The maximum absolute atomic E-state index is 10.2. The molecule has 1 aromatic rings. The van der Waals surface area contributed by atoms with Crippen LogP contribution < -0.4 is 5.73 Å². The second-order valence-corrected chi connectivity index (χ2v) is 2.97. The Kier molecular flexibility index (Phi) is 3.94. The third-order valence-electron chi connectivity index (χ3n) is 1.73. The van der Waals surface area contributed by atoms with Crippen LogP contribution in [0.25, 0.3) is 0 Å². The second-order valence-electron chi connectivity index (χ2n) is 2.97. The predicted octanol–water partition coefficient (Wildman–Crippen LogP) is 0.685. The maximum atomic E-state index is 10.2. The largest absolute Gasteiger partial charge is 0.447 e. The number of nitrogens with two attached hydrogens (primary N) is 1. The van der Waals surface area contributed by atoms with Gasteiger partial charge < -0.3 is 15.6 Å². The summed E-state index contributed by atoms with van der Waals surface area (Å²) in [6, 6.07) is 9.46. The molecule has 0 bridgehead atoms. The predicted molar refractivity (Wildman–Crippen MR) is 51.7 cm³/mol. The van der Waals surface area contributed by atoms with Crippen LogP contribution in [0.3, 0.4) is 0 Å². The van der Waals surface area contributed by atoms with E-state index in [2.05, 4.69) is 4.74 Å². The van der Waals surface area contributed by atoms with E-state index < -0.39 is 12.2 Å². The molecule has 4 nitrogen and oxygen atoms in total. The van der Waals surface area contributed by atoms with Gasteiger partial charge in [0, 0.05) is 6.42 Å². The summed E-state index contributed by atoms with van der Waals surface area (Å²) in [6.45, 7) is -0.0653. The Labute approximate surface area is 82.3 Å². The standard InChI is InChI=1S/C10H13NO3/c11-10(13)14-7-9(12)6-8-4-2-1-3-5-8/h1-5,9,12H,6-7H2,(H2,11,13). The normalized spacial score (nSPS) is 12.1. The lowest BCUT2D eigenvalue weighted by Crippen LogP contribution is -2.23. The van der Waals surface area contributed by atoms with E-state index in [1.165, 1.54) is 0 Å². The molecule has 4 heteroatoms. The van der Waals surface area contributed by atoms with Gasteiger partial charge >= 0.3 is 6.09 Å². The zero-order valence-electron chi connectivity index (χ0n) is 7.72. The molecule has 0 radical (unpaired) electrons. The molecule has 0 aliphatic carbocycles. The number of hydrogen-bond acceptors (Lipinski definition) is 3. The zero-order chi connectivity index (χ0) is 10.4. The number of rotatable bonds is 4. The van der Waals surface area contributed by atoms with Crippen molar-refractivity contribution in [2.75, 3.05) is 6.61 Å². The maximum Gasteiger partial charge on any atom is 0.404 e. The highest BCUT2D eigenvalue weighted by atomic mass is 16.6. The van der Waals surface area contributed by atoms with Crippen LogP contribution in [-0.4, -0.2) is 23.9 Å². The molecule has 3 N–H and O–H groups in total. The van der Waals surface area contributed by atoms with E-state index in [1.54, 1.807) is 0 Å². The van der Waals surface area contributed by atoms with E-state index in [4.69, 9.17) is 5.73 Å². The first-order chi connectivity index (χ1) is 6.68. The third kappa shape index (κ3) is 3.91. The average Bonchev–Trinajstić information content (AvgIpc) is 2.16. The lowest BCUT2D eigenvalue weighted by Gasteiger charge is -2.09. The Morgan fingerprint density at radius 2 is 2.07 bits per heavy atom. The fourth-order valence-corrected chi connectivity index (χ4v) is 1.12. The molecule has 14 heavy (non-hydrogen) atoms. The van der Waals surface area contributed by atoms with Gasteiger partial charge in [-0.15, -0.1) is 0 Å². The van der Waals surface area contributed by atoms with E-state index in [9.17, 15) is 9.90 Å². The van der Waals surface area contributed by atoms with Crippen LogP contribution in [0.1, 0.15) is 5.56 Å². The lowest BCUT2D eigenvalue weighted by atomic mass is 10.1. The Morgan fingerprint density at radius 1 is 1.43 bits per heavy atom. The van der Waals surface area contributed by atoms with E-state index in [0.29, 0.717) is 6.42 Å². The number of carbonyl (C=O) groups is 1. The van der Waals surface area contributed by atoms with Crippen LogP contribution in [0.2, 0.25) is 0 Å². The van der Waals surface area contributed by atoms with Crippen LogP contribution in [0, 0.1) is 0 Å². The number of benzene rings is 1. The summed E-state index contributed by atoms with van der Waals surface area (Å²) in [4.78, 5) is 10.2. The van der Waals surface area contributed by atoms with Gasteiger partial charge in [-0.25, -0.2) is 4.79 Å². The van der Waals surface area contributed by atoms with Gasteiger partial charge in [-0.3, -0.25) is 0 Å². The van der Waals surface area contributed by atoms with Crippen molar-refractivity contribution in [3.05, 3.63) is 35.9 Å². The van der Waals surface area contributed by atoms with Crippen molar-refractivity contribution in [1.82, 2.24) is 0 Å². The molecular formula is C10H13NO3. The first-order valence-corrected chi connectivity index (χ1v) is 4.32. The Morgan fingerprint density at radius 3 is 2.64 bits per heavy atom. The van der Waals surface area contributed by atoms with Crippen LogP contribution >= 0.6 is 0 Å². The molecule has 0 aliphatic heterocycles. The SMILES string of the molecule is NC(=O)OCC(O)Cc1ccccc1. The molecule has 0 saturated heterocycles. The minimum atomic E-state index is -0.864. The Bertz CT molecular complexity index is 287. The highest BCUT2D eigenvalue weighted by molar-refractivity contribution is 5.64. The first-order valence-electron chi connectivity index (χ1n) is 4.32. The lowest BCUT2D eigenvalue weighted by molar-refractivity contribution is 0.0732. The number of carbonyl (C=O) groups excluding carboxylic acids is 1. The quantitative estimate of drug-likeness (QED) is 0.742. The fraction of sp³-hybridized carbons (Fsp3) is 0.300. The van der Waals surface area contributed by atoms with Crippen molar-refractivity contribution in [1.29, 1.82) is 0 Å². The molecule has 1 amide bonds. The molecule has 0 heterocycles. The van der Waals surface area contributed by atoms with Crippen molar-refractivity contribution in [2.24, 2.45) is 5.73 Å². The molecular weight excluding hydrogens is 182 g/mol. The van der Waals surface area contributed by atoms with Crippen molar-refractivity contribution < 1.29 is 14.6 Å². The zero-order valence-corrected chi connectivity index (χ0v) is 7.72. The van der Waals surface area contributed by atoms with Gasteiger partial charge in [0.2, 0.25) is 0 Å². The van der Waals surface area contributed by atoms with Gasteiger partial charge in [0.05, 0.1) is 6.10 Å². The minimum absolute atomic E-state index is 0.0653. The molecule has 0 spiro atoms. The highest BCUT2D eigenvalue weighted by Crippen LogP contribution is 2.03. The molecule has 76 valence electrons. The summed E-state index contributed by atoms with van der Waals surface area (Å²) >= 11 is 0. The van der Waals surface area contributed by atoms with Gasteiger partial charge in [-0.1, -0.05) is 30.3 Å². The minimum Gasteiger partial charge on any atom is -0.447 e. The molecule has 1 aromatic carbocycles. The monoisotopic (exact) mass is 195 g/mol. The molecule has 1 rings (SSSR count). The second kappa shape index (κ2) is 5.24. The van der Waals surface area contributed by atoms with E-state index in [-0.39, 0.29) is 6.61 Å². The van der Waals surface area contributed by atoms with Crippen LogP contribution in [0.15, 0.2) is 30.3 Å². The third-order valence-corrected chi connectivity index (χ3v) is 1.73. The fourth-order valence-electron chi connectivity index (χ4n) is 1.12. The van der Waals surface area contributed by atoms with Gasteiger partial charge in [0.25, 0.3) is 0 Å². The Hall–Kier alpha value is -1.55. The van der Waals surface area contributed by atoms with Crippen molar-refractivity contribution in [2.45, 2.75) is 12.5 Å². The van der Waals surface area contributed by atoms with Crippen molar-refractivity contribution in [3.8, 4) is 0 Å². The van der Waals surface area contributed by atoms with E-state index in [0.717, 1.165) is 5.56 Å². The number of ether oxygens (including phenoxy) is 1. The molecule has 0 saturated carbocycles. The van der Waals surface area contributed by atoms with Crippen LogP contribution in [0.5, 0.6) is 0 Å². The number of aliphatic hydroxyl groups excluding tert-OH is 1. The Balaban J connectivity index is 2.34. The van der Waals surface area contributed by atoms with Crippen molar-refractivity contribution >= 4 is 6.09 Å². The molecule has 1 unspecified atom stereocenters. The van der Waals surface area contributed by atoms with E-state index in [1.807, 2.05) is 30.3 Å². The summed E-state index contributed by atoms with van der Waals surface area (Å²) in [7, 11) is 0. The number of aliphatic hydroxyl groups is 1. The van der Waals surface area contributed by atoms with Crippen LogP contribution in [0.4, 0.5) is 4.79 Å². The van der Waals surface area contributed by atoms with Gasteiger partial charge in [0.15, 0.2) is 0 Å². The topological polar surface area (TPSA) is 72.6 Å². The smallest absolute Gasteiger partial charge is 0.404 e. The summed E-state index contributed by atoms with van der Waals surface area (Å²) in [5.74, 6) is 0. The summed E-state index contributed by atoms with van der Waals surface area (Å²) in [6.07, 6.45) is -1.12. The average molecular weight is 195 g/mol. The van der Waals surface area contributed by atoms with Crippen molar-refractivity contribution in [3.63, 3.8) is 0 Å². The number of primary amides is 1. The van der Waals surface area contributed by atoms with Gasteiger partial charge in [-0.05, 0) is 5.56 Å². The number of hydrogen-bond donors (Lipinski definition) is 2. The van der Waals surface area contributed by atoms with Crippen LogP contribution in [-0.2, 0) is 11.2 Å². The molecule has 0 fully saturated rings. The molecule has 0 aromatic heterocycles. The molecule has 1 atom stereocenters. The summed E-state index contributed by atoms with van der Waals surface area (Å²) < 4.78 is 4.46. The summed E-state index contributed by atoms with van der Waals surface area (Å²) in [5, 5.41) is 9.42. The number of amides is 1. The first kappa shape index (κ1) is 10.5. The van der Waals surface area contributed by atoms with Gasteiger partial charge in [-0.2, -0.15) is 0 Å². The molecule has 0 aliphatic rings. The summed E-state index contributed by atoms with van der Waals surface area (Å²) in [5.41, 5.74) is 5.76.